The maximum Gasteiger partial charge on any atom is 0.224 e. The van der Waals surface area contributed by atoms with Crippen molar-refractivity contribution >= 4 is 5.91 Å². The van der Waals surface area contributed by atoms with Crippen molar-refractivity contribution in [1.29, 1.82) is 0 Å². The molecule has 0 radical (unpaired) electrons. The quantitative estimate of drug-likeness (QED) is 0.873. The molecule has 1 aliphatic rings. The highest BCUT2D eigenvalue weighted by molar-refractivity contribution is 5.79. The van der Waals surface area contributed by atoms with E-state index in [0.29, 0.717) is 24.0 Å². The lowest BCUT2D eigenvalue weighted by Crippen LogP contribution is -2.46. The summed E-state index contributed by atoms with van der Waals surface area (Å²) in [5.74, 6) is 1.40. The highest BCUT2D eigenvalue weighted by atomic mass is 16.5. The van der Waals surface area contributed by atoms with Crippen LogP contribution in [0, 0.1) is 0 Å². The number of hydrogen-bond donors (Lipinski definition) is 1. The molecule has 1 aromatic rings. The van der Waals surface area contributed by atoms with Gasteiger partial charge in [-0.05, 0) is 44.4 Å². The predicted molar refractivity (Wildman–Crippen MR) is 91.1 cm³/mol. The molecule has 0 spiro atoms. The zero-order chi connectivity index (χ0) is 16.8. The molecule has 0 atom stereocenters. The Balaban J connectivity index is 1.86. The molecule has 0 aromatic heterocycles. The Labute approximate surface area is 139 Å². The summed E-state index contributed by atoms with van der Waals surface area (Å²) in [4.78, 5) is 14.7. The van der Waals surface area contributed by atoms with Crippen molar-refractivity contribution in [2.45, 2.75) is 45.2 Å². The summed E-state index contributed by atoms with van der Waals surface area (Å²) in [5, 5.41) is 3.16. The fourth-order valence-corrected chi connectivity index (χ4v) is 3.01. The molecule has 1 N–H and O–H groups in total. The summed E-state index contributed by atoms with van der Waals surface area (Å²) >= 11 is 0. The molecule has 0 bridgehead atoms. The predicted octanol–water partition coefficient (Wildman–Crippen LogP) is 2.24. The van der Waals surface area contributed by atoms with Crippen molar-refractivity contribution in [3.63, 3.8) is 0 Å². The van der Waals surface area contributed by atoms with Crippen LogP contribution in [0.25, 0.3) is 0 Å². The molecule has 0 saturated carbocycles. The van der Waals surface area contributed by atoms with Gasteiger partial charge in [-0.3, -0.25) is 4.79 Å². The molecule has 23 heavy (non-hydrogen) atoms. The largest absolute Gasteiger partial charge is 0.493 e. The number of likely N-dealkylation sites (tertiary alicyclic amines) is 1. The maximum atomic E-state index is 12.3. The average molecular weight is 320 g/mol. The molecule has 1 heterocycles. The van der Waals surface area contributed by atoms with E-state index in [-0.39, 0.29) is 11.9 Å². The summed E-state index contributed by atoms with van der Waals surface area (Å²) in [6.45, 7) is 6.55. The first-order valence-corrected chi connectivity index (χ1v) is 8.27. The van der Waals surface area contributed by atoms with Gasteiger partial charge in [0.2, 0.25) is 5.91 Å². The molecule has 1 aromatic carbocycles. The third-order valence-electron chi connectivity index (χ3n) is 4.44. The molecule has 5 heteroatoms. The smallest absolute Gasteiger partial charge is 0.224 e. The average Bonchev–Trinajstić information content (AvgIpc) is 2.55. The first-order valence-electron chi connectivity index (χ1n) is 8.27. The van der Waals surface area contributed by atoms with Crippen molar-refractivity contribution in [2.24, 2.45) is 0 Å². The summed E-state index contributed by atoms with van der Waals surface area (Å²) in [6, 6.07) is 6.47. The fourth-order valence-electron chi connectivity index (χ4n) is 3.01. The van der Waals surface area contributed by atoms with Crippen LogP contribution in [0.5, 0.6) is 11.5 Å². The topological polar surface area (TPSA) is 50.8 Å². The number of nitrogens with zero attached hydrogens (tertiary/aromatic N) is 1. The molecular weight excluding hydrogens is 292 g/mol. The van der Waals surface area contributed by atoms with Crippen LogP contribution in [-0.2, 0) is 11.2 Å². The van der Waals surface area contributed by atoms with Crippen LogP contribution in [0.4, 0.5) is 0 Å². The number of ether oxygens (including phenoxy) is 2. The van der Waals surface area contributed by atoms with Crippen molar-refractivity contribution in [3.8, 4) is 11.5 Å². The van der Waals surface area contributed by atoms with Gasteiger partial charge in [0.05, 0.1) is 20.6 Å². The Morgan fingerprint density at radius 2 is 1.87 bits per heavy atom. The standard InChI is InChI=1S/C18H28N2O3/c1-13(2)20-9-7-15(8-10-20)19-18(21)12-14-5-6-16(22-3)17(11-14)23-4/h5-6,11,13,15H,7-10,12H2,1-4H3,(H,19,21). The normalized spacial score (nSPS) is 16.4. The minimum absolute atomic E-state index is 0.0696. The number of carbonyl (C=O) groups is 1. The molecule has 2 rings (SSSR count). The first-order chi connectivity index (χ1) is 11.0. The van der Waals surface area contributed by atoms with E-state index in [1.165, 1.54) is 0 Å². The van der Waals surface area contributed by atoms with E-state index in [1.54, 1.807) is 14.2 Å². The number of carbonyl (C=O) groups excluding carboxylic acids is 1. The van der Waals surface area contributed by atoms with Crippen LogP contribution >= 0.6 is 0 Å². The number of nitrogens with one attached hydrogen (secondary N) is 1. The van der Waals surface area contributed by atoms with Crippen molar-refractivity contribution in [1.82, 2.24) is 10.2 Å². The van der Waals surface area contributed by atoms with Gasteiger partial charge in [0.25, 0.3) is 0 Å². The van der Waals surface area contributed by atoms with Gasteiger partial charge < -0.3 is 19.7 Å². The Morgan fingerprint density at radius 1 is 1.22 bits per heavy atom. The summed E-state index contributed by atoms with van der Waals surface area (Å²) in [7, 11) is 3.21. The van der Waals surface area contributed by atoms with E-state index in [0.717, 1.165) is 31.5 Å². The van der Waals surface area contributed by atoms with E-state index in [1.807, 2.05) is 18.2 Å². The minimum Gasteiger partial charge on any atom is -0.493 e. The molecule has 0 aliphatic carbocycles. The van der Waals surface area contributed by atoms with Gasteiger partial charge in [-0.1, -0.05) is 6.07 Å². The third kappa shape index (κ3) is 4.86. The van der Waals surface area contributed by atoms with Gasteiger partial charge in [-0.25, -0.2) is 0 Å². The van der Waals surface area contributed by atoms with Gasteiger partial charge in [-0.15, -0.1) is 0 Å². The molecule has 128 valence electrons. The van der Waals surface area contributed by atoms with Crippen LogP contribution in [0.3, 0.4) is 0 Å². The van der Waals surface area contributed by atoms with Crippen molar-refractivity contribution < 1.29 is 14.3 Å². The fraction of sp³-hybridized carbons (Fsp3) is 0.611. The van der Waals surface area contributed by atoms with Crippen LogP contribution in [-0.4, -0.2) is 50.2 Å². The van der Waals surface area contributed by atoms with Crippen LogP contribution in [0.15, 0.2) is 18.2 Å². The zero-order valence-electron chi connectivity index (χ0n) is 14.6. The number of piperidine rings is 1. The van der Waals surface area contributed by atoms with Gasteiger partial charge in [0, 0.05) is 25.2 Å². The number of rotatable bonds is 6. The molecular formula is C18H28N2O3. The Hall–Kier alpha value is -1.75. The van der Waals surface area contributed by atoms with Crippen molar-refractivity contribution in [3.05, 3.63) is 23.8 Å². The van der Waals surface area contributed by atoms with E-state index in [9.17, 15) is 4.79 Å². The van der Waals surface area contributed by atoms with E-state index in [2.05, 4.69) is 24.1 Å². The lowest BCUT2D eigenvalue weighted by molar-refractivity contribution is -0.121. The monoisotopic (exact) mass is 320 g/mol. The van der Waals surface area contributed by atoms with Gasteiger partial charge in [-0.2, -0.15) is 0 Å². The highest BCUT2D eigenvalue weighted by Crippen LogP contribution is 2.27. The lowest BCUT2D eigenvalue weighted by Gasteiger charge is -2.34. The van der Waals surface area contributed by atoms with Crippen LogP contribution in [0.1, 0.15) is 32.3 Å². The molecule has 1 saturated heterocycles. The number of amides is 1. The second-order valence-corrected chi connectivity index (χ2v) is 6.34. The van der Waals surface area contributed by atoms with E-state index >= 15 is 0 Å². The molecule has 1 fully saturated rings. The van der Waals surface area contributed by atoms with Crippen LogP contribution in [0.2, 0.25) is 0 Å². The summed E-state index contributed by atoms with van der Waals surface area (Å²) < 4.78 is 10.5. The minimum atomic E-state index is 0.0696. The Bertz CT molecular complexity index is 523. The van der Waals surface area contributed by atoms with Crippen molar-refractivity contribution in [2.75, 3.05) is 27.3 Å². The number of methoxy groups -OCH3 is 2. The molecule has 0 unspecified atom stereocenters. The Morgan fingerprint density at radius 3 is 2.43 bits per heavy atom. The van der Waals surface area contributed by atoms with Gasteiger partial charge in [0.1, 0.15) is 0 Å². The van der Waals surface area contributed by atoms with Crippen LogP contribution < -0.4 is 14.8 Å². The molecule has 1 aliphatic heterocycles. The number of hydrogen-bond acceptors (Lipinski definition) is 4. The lowest BCUT2D eigenvalue weighted by atomic mass is 10.0. The molecule has 1 amide bonds. The van der Waals surface area contributed by atoms with E-state index in [4.69, 9.17) is 9.47 Å². The molecule has 5 nitrogen and oxygen atoms in total. The van der Waals surface area contributed by atoms with Gasteiger partial charge in [0.15, 0.2) is 11.5 Å². The highest BCUT2D eigenvalue weighted by Gasteiger charge is 2.22. The van der Waals surface area contributed by atoms with Gasteiger partial charge >= 0.3 is 0 Å². The summed E-state index contributed by atoms with van der Waals surface area (Å²) in [6.07, 6.45) is 2.41. The summed E-state index contributed by atoms with van der Waals surface area (Å²) in [5.41, 5.74) is 0.930. The SMILES string of the molecule is COc1ccc(CC(=O)NC2CCN(C(C)C)CC2)cc1OC. The van der Waals surface area contributed by atoms with E-state index < -0.39 is 0 Å². The Kier molecular flexibility index (Phi) is 6.28. The maximum absolute atomic E-state index is 12.3. The zero-order valence-corrected chi connectivity index (χ0v) is 14.6. The first kappa shape index (κ1) is 17.6. The third-order valence-corrected chi connectivity index (χ3v) is 4.44. The number of benzene rings is 1. The second-order valence-electron chi connectivity index (χ2n) is 6.34. The second kappa shape index (κ2) is 8.20.